The fraction of sp³-hybridized carbons (Fsp3) is 0.143. The number of benzene rings is 2. The number of ether oxygens (including phenoxy) is 4. The van der Waals surface area contributed by atoms with Gasteiger partial charge in [0.1, 0.15) is 6.61 Å². The Morgan fingerprint density at radius 1 is 1.13 bits per heavy atom. The highest BCUT2D eigenvalue weighted by atomic mass is 16.6. The molecule has 0 aliphatic carbocycles. The zero-order valence-corrected chi connectivity index (χ0v) is 16.3. The monoisotopic (exact) mass is 410 g/mol. The van der Waals surface area contributed by atoms with Crippen molar-refractivity contribution in [2.75, 3.05) is 20.8 Å². The fourth-order valence-electron chi connectivity index (χ4n) is 2.70. The summed E-state index contributed by atoms with van der Waals surface area (Å²) in [5.74, 6) is 0.399. The van der Waals surface area contributed by atoms with Crippen LogP contribution in [0.4, 0.5) is 5.69 Å². The number of hydrogen-bond donors (Lipinski definition) is 0. The third-order valence-electron chi connectivity index (χ3n) is 4.09. The molecule has 3 rings (SSSR count). The predicted octanol–water partition coefficient (Wildman–Crippen LogP) is 3.52. The highest BCUT2D eigenvalue weighted by Gasteiger charge is 2.26. The van der Waals surface area contributed by atoms with Crippen molar-refractivity contribution in [3.63, 3.8) is 0 Å². The van der Waals surface area contributed by atoms with E-state index in [0.29, 0.717) is 23.7 Å². The van der Waals surface area contributed by atoms with Crippen LogP contribution in [-0.4, -0.2) is 37.6 Å². The molecule has 0 aromatic heterocycles. The molecular weight excluding hydrogens is 392 g/mol. The molecule has 9 heteroatoms. The number of nitrogens with zero attached hydrogens (tertiary/aromatic N) is 2. The summed E-state index contributed by atoms with van der Waals surface area (Å²) in [4.78, 5) is 27.0. The standard InChI is InChI=1S/C21H18N2O7/c1-4-9-29-18-7-5-13(11-19(18)28-3)10-15-21(24)30-20(22-15)14-6-8-17(27-2)16(12-14)23(25)26/h4-8,10-12H,1,9H2,2-3H3/b15-10-. The summed E-state index contributed by atoms with van der Waals surface area (Å²) in [6, 6.07) is 9.29. The Bertz CT molecular complexity index is 1070. The molecule has 30 heavy (non-hydrogen) atoms. The lowest BCUT2D eigenvalue weighted by molar-refractivity contribution is -0.385. The number of nitro benzene ring substituents is 1. The first-order chi connectivity index (χ1) is 14.5. The van der Waals surface area contributed by atoms with Crippen LogP contribution in [0.1, 0.15) is 11.1 Å². The summed E-state index contributed by atoms with van der Waals surface area (Å²) in [6.07, 6.45) is 3.14. The smallest absolute Gasteiger partial charge is 0.363 e. The molecule has 1 heterocycles. The molecule has 0 amide bonds. The van der Waals surface area contributed by atoms with Gasteiger partial charge in [-0.25, -0.2) is 9.79 Å². The maximum Gasteiger partial charge on any atom is 0.363 e. The molecule has 2 aromatic rings. The average Bonchev–Trinajstić information content (AvgIpc) is 3.12. The van der Waals surface area contributed by atoms with Crippen molar-refractivity contribution in [3.8, 4) is 17.2 Å². The largest absolute Gasteiger partial charge is 0.493 e. The molecule has 0 unspecified atom stereocenters. The van der Waals surface area contributed by atoms with Gasteiger partial charge in [-0.1, -0.05) is 18.7 Å². The summed E-state index contributed by atoms with van der Waals surface area (Å²) < 4.78 is 21.0. The van der Waals surface area contributed by atoms with Crippen LogP contribution in [0.2, 0.25) is 0 Å². The Kier molecular flexibility index (Phi) is 6.11. The van der Waals surface area contributed by atoms with E-state index in [9.17, 15) is 14.9 Å². The molecular formula is C21H18N2O7. The van der Waals surface area contributed by atoms with Gasteiger partial charge in [-0.15, -0.1) is 0 Å². The van der Waals surface area contributed by atoms with Crippen molar-refractivity contribution in [1.29, 1.82) is 0 Å². The van der Waals surface area contributed by atoms with E-state index in [0.717, 1.165) is 0 Å². The van der Waals surface area contributed by atoms with Crippen molar-refractivity contribution in [3.05, 3.63) is 76.0 Å². The van der Waals surface area contributed by atoms with E-state index < -0.39 is 10.9 Å². The molecule has 0 saturated carbocycles. The Hall–Kier alpha value is -4.14. The van der Waals surface area contributed by atoms with Crippen molar-refractivity contribution in [1.82, 2.24) is 0 Å². The molecule has 2 aromatic carbocycles. The minimum Gasteiger partial charge on any atom is -0.493 e. The Morgan fingerprint density at radius 2 is 1.87 bits per heavy atom. The van der Waals surface area contributed by atoms with E-state index in [2.05, 4.69) is 11.6 Å². The number of carbonyl (C=O) groups is 1. The zero-order valence-electron chi connectivity index (χ0n) is 16.3. The summed E-state index contributed by atoms with van der Waals surface area (Å²) in [6.45, 7) is 3.92. The Labute approximate surface area is 172 Å². The maximum atomic E-state index is 12.2. The van der Waals surface area contributed by atoms with E-state index in [1.165, 1.54) is 38.5 Å². The Morgan fingerprint density at radius 3 is 2.53 bits per heavy atom. The van der Waals surface area contributed by atoms with Crippen LogP contribution in [0.3, 0.4) is 0 Å². The molecule has 0 fully saturated rings. The lowest BCUT2D eigenvalue weighted by Crippen LogP contribution is -2.06. The maximum absolute atomic E-state index is 12.2. The van der Waals surface area contributed by atoms with E-state index in [4.69, 9.17) is 18.9 Å². The van der Waals surface area contributed by atoms with E-state index in [1.54, 1.807) is 24.3 Å². The van der Waals surface area contributed by atoms with E-state index in [1.807, 2.05) is 0 Å². The molecule has 0 saturated heterocycles. The van der Waals surface area contributed by atoms with Gasteiger partial charge in [-0.3, -0.25) is 10.1 Å². The number of esters is 1. The van der Waals surface area contributed by atoms with Gasteiger partial charge < -0.3 is 18.9 Å². The highest BCUT2D eigenvalue weighted by molar-refractivity contribution is 6.13. The normalized spacial score (nSPS) is 14.1. The van der Waals surface area contributed by atoms with Crippen LogP contribution < -0.4 is 14.2 Å². The third-order valence-corrected chi connectivity index (χ3v) is 4.09. The van der Waals surface area contributed by atoms with Gasteiger partial charge >= 0.3 is 11.7 Å². The van der Waals surface area contributed by atoms with Crippen LogP contribution in [0.5, 0.6) is 17.2 Å². The first-order valence-electron chi connectivity index (χ1n) is 8.74. The second kappa shape index (κ2) is 8.91. The first kappa shape index (κ1) is 20.6. The number of nitro groups is 1. The second-order valence-electron chi connectivity index (χ2n) is 5.99. The van der Waals surface area contributed by atoms with Gasteiger partial charge in [0.25, 0.3) is 0 Å². The molecule has 1 aliphatic rings. The number of hydrogen-bond acceptors (Lipinski definition) is 8. The Balaban J connectivity index is 1.92. The quantitative estimate of drug-likeness (QED) is 0.215. The topological polar surface area (TPSA) is 109 Å². The van der Waals surface area contributed by atoms with Crippen molar-refractivity contribution >= 4 is 23.6 Å². The zero-order chi connectivity index (χ0) is 21.7. The number of cyclic esters (lactones) is 1. The number of aliphatic imine (C=N–C) groups is 1. The molecule has 0 N–H and O–H groups in total. The van der Waals surface area contributed by atoms with Crippen LogP contribution in [0.15, 0.2) is 59.7 Å². The summed E-state index contributed by atoms with van der Waals surface area (Å²) in [7, 11) is 2.83. The summed E-state index contributed by atoms with van der Waals surface area (Å²) in [5, 5.41) is 11.2. The van der Waals surface area contributed by atoms with Crippen LogP contribution in [-0.2, 0) is 9.53 Å². The number of methoxy groups -OCH3 is 2. The third kappa shape index (κ3) is 4.30. The van der Waals surface area contributed by atoms with E-state index in [-0.39, 0.29) is 28.6 Å². The summed E-state index contributed by atoms with van der Waals surface area (Å²) in [5.41, 5.74) is 0.705. The first-order valence-corrected chi connectivity index (χ1v) is 8.74. The predicted molar refractivity (Wildman–Crippen MR) is 109 cm³/mol. The number of carbonyl (C=O) groups excluding carboxylic acids is 1. The molecule has 0 radical (unpaired) electrons. The van der Waals surface area contributed by atoms with Gasteiger partial charge in [0, 0.05) is 11.6 Å². The fourth-order valence-corrected chi connectivity index (χ4v) is 2.70. The molecule has 154 valence electrons. The van der Waals surface area contributed by atoms with Gasteiger partial charge in [-0.2, -0.15) is 0 Å². The highest BCUT2D eigenvalue weighted by Crippen LogP contribution is 2.31. The van der Waals surface area contributed by atoms with Gasteiger partial charge in [0.2, 0.25) is 5.90 Å². The van der Waals surface area contributed by atoms with Gasteiger partial charge in [0.15, 0.2) is 22.9 Å². The van der Waals surface area contributed by atoms with Gasteiger partial charge in [0.05, 0.1) is 19.1 Å². The van der Waals surface area contributed by atoms with Crippen LogP contribution >= 0.6 is 0 Å². The molecule has 0 atom stereocenters. The van der Waals surface area contributed by atoms with Gasteiger partial charge in [-0.05, 0) is 35.9 Å². The minimum atomic E-state index is -0.672. The van der Waals surface area contributed by atoms with E-state index >= 15 is 0 Å². The molecule has 0 spiro atoms. The molecule has 9 nitrogen and oxygen atoms in total. The minimum absolute atomic E-state index is 0.0325. The van der Waals surface area contributed by atoms with Crippen LogP contribution in [0.25, 0.3) is 6.08 Å². The van der Waals surface area contributed by atoms with Crippen molar-refractivity contribution < 1.29 is 28.7 Å². The average molecular weight is 410 g/mol. The van der Waals surface area contributed by atoms with Crippen molar-refractivity contribution in [2.45, 2.75) is 0 Å². The number of rotatable bonds is 8. The van der Waals surface area contributed by atoms with Crippen molar-refractivity contribution in [2.24, 2.45) is 4.99 Å². The lowest BCUT2D eigenvalue weighted by Gasteiger charge is -2.09. The molecule has 0 bridgehead atoms. The SMILES string of the molecule is C=CCOc1ccc(/C=C2\N=C(c3ccc(OC)c([N+](=O)[O-])c3)OC2=O)cc1OC. The second-order valence-corrected chi connectivity index (χ2v) is 5.99. The molecule has 1 aliphatic heterocycles. The van der Waals surface area contributed by atoms with Crippen LogP contribution in [0, 0.1) is 10.1 Å². The summed E-state index contributed by atoms with van der Waals surface area (Å²) >= 11 is 0. The lowest BCUT2D eigenvalue weighted by atomic mass is 10.1.